The first kappa shape index (κ1) is 23.2. The second-order valence-corrected chi connectivity index (χ2v) is 7.20. The van der Waals surface area contributed by atoms with E-state index in [1.807, 2.05) is 44.6 Å². The predicted octanol–water partition coefficient (Wildman–Crippen LogP) is 3.94. The van der Waals surface area contributed by atoms with Gasteiger partial charge in [-0.15, -0.1) is 12.4 Å². The first-order valence-electron chi connectivity index (χ1n) is 9.38. The summed E-state index contributed by atoms with van der Waals surface area (Å²) in [7, 11) is 1.86. The second-order valence-electron chi connectivity index (χ2n) is 7.20. The summed E-state index contributed by atoms with van der Waals surface area (Å²) in [4.78, 5) is 14.8. The molecule has 2 aromatic rings. The number of nitrogens with zero attached hydrogens (tertiary/aromatic N) is 3. The van der Waals surface area contributed by atoms with Crippen molar-refractivity contribution in [3.05, 3.63) is 46.8 Å². The molecule has 27 heavy (non-hydrogen) atoms. The minimum Gasteiger partial charge on any atom is -0.341 e. The number of aromatic nitrogens is 2. The van der Waals surface area contributed by atoms with Crippen LogP contribution in [0.3, 0.4) is 0 Å². The first-order chi connectivity index (χ1) is 12.3. The predicted molar refractivity (Wildman–Crippen MR) is 114 cm³/mol. The highest BCUT2D eigenvalue weighted by molar-refractivity contribution is 5.85. The molecule has 0 bridgehead atoms. The number of benzene rings is 1. The Kier molecular flexibility index (Phi) is 8.05. The van der Waals surface area contributed by atoms with E-state index in [1.54, 1.807) is 4.90 Å². The molecular weight excluding hydrogens is 360 g/mol. The number of hydrogen-bond acceptors (Lipinski definition) is 3. The first-order valence-corrected chi connectivity index (χ1v) is 9.38. The lowest BCUT2D eigenvalue weighted by Gasteiger charge is -2.33. The van der Waals surface area contributed by atoms with E-state index in [-0.39, 0.29) is 18.3 Å². The fraction of sp³-hybridized carbons (Fsp3) is 0.524. The highest BCUT2D eigenvalue weighted by Gasteiger charge is 2.36. The Bertz CT molecular complexity index is 772. The Morgan fingerprint density at radius 1 is 1.19 bits per heavy atom. The fourth-order valence-corrected chi connectivity index (χ4v) is 3.58. The number of nitrogens with two attached hydrogens (primary N) is 1. The van der Waals surface area contributed by atoms with Gasteiger partial charge in [0.05, 0.1) is 16.8 Å². The van der Waals surface area contributed by atoms with Crippen LogP contribution < -0.4 is 5.73 Å². The van der Waals surface area contributed by atoms with Gasteiger partial charge in [0.2, 0.25) is 5.91 Å². The van der Waals surface area contributed by atoms with Crippen molar-refractivity contribution in [2.45, 2.75) is 54.0 Å². The number of carbonyl (C=O) groups excluding carboxylic acids is 1. The quantitative estimate of drug-likeness (QED) is 0.776. The molecule has 1 aromatic heterocycles. The Morgan fingerprint density at radius 3 is 2.30 bits per heavy atom. The van der Waals surface area contributed by atoms with E-state index in [1.165, 1.54) is 5.56 Å². The number of hydrogen-bond donors (Lipinski definition) is 1. The molecule has 0 spiro atoms. The number of para-hydroxylation sites is 1. The zero-order valence-electron chi connectivity index (χ0n) is 17.4. The third-order valence-electron chi connectivity index (χ3n) is 5.72. The molecule has 6 heteroatoms. The van der Waals surface area contributed by atoms with Crippen LogP contribution in [-0.4, -0.2) is 34.2 Å². The van der Waals surface area contributed by atoms with Gasteiger partial charge < -0.3 is 10.6 Å². The molecule has 0 radical (unpaired) electrons. The van der Waals surface area contributed by atoms with E-state index < -0.39 is 5.41 Å². The molecule has 5 nitrogen and oxygen atoms in total. The standard InChI is InChI=1S/C21H32N4O.ClH/c1-7-21(8-2,14-22)20(26)24(6)13-18-16(4)23-25(17(18)5)19-12-10-9-11-15(19)3;/h9-12H,7-8,13-14,22H2,1-6H3;1H. The largest absolute Gasteiger partial charge is 0.341 e. The topological polar surface area (TPSA) is 64.2 Å². The second kappa shape index (κ2) is 9.38. The molecule has 0 aliphatic heterocycles. The minimum absolute atomic E-state index is 0. The van der Waals surface area contributed by atoms with Crippen molar-refractivity contribution in [3.63, 3.8) is 0 Å². The Balaban J connectivity index is 0.00000364. The molecule has 150 valence electrons. The number of carbonyl (C=O) groups is 1. The molecular formula is C21H33ClN4O. The van der Waals surface area contributed by atoms with Crippen molar-refractivity contribution in [2.75, 3.05) is 13.6 Å². The highest BCUT2D eigenvalue weighted by atomic mass is 35.5. The molecule has 0 saturated carbocycles. The molecule has 0 unspecified atom stereocenters. The van der Waals surface area contributed by atoms with E-state index >= 15 is 0 Å². The summed E-state index contributed by atoms with van der Waals surface area (Å²) in [5.41, 5.74) is 10.9. The third-order valence-corrected chi connectivity index (χ3v) is 5.72. The Morgan fingerprint density at radius 2 is 1.78 bits per heavy atom. The molecule has 0 aliphatic rings. The molecule has 2 N–H and O–H groups in total. The SMILES string of the molecule is CCC(CC)(CN)C(=O)N(C)Cc1c(C)nn(-c2ccccc2C)c1C.Cl. The van der Waals surface area contributed by atoms with Gasteiger partial charge in [-0.3, -0.25) is 4.79 Å². The van der Waals surface area contributed by atoms with Gasteiger partial charge in [0, 0.05) is 31.4 Å². The maximum absolute atomic E-state index is 13.0. The van der Waals surface area contributed by atoms with Crippen molar-refractivity contribution in [1.82, 2.24) is 14.7 Å². The monoisotopic (exact) mass is 392 g/mol. The van der Waals surface area contributed by atoms with Crippen molar-refractivity contribution >= 4 is 18.3 Å². The van der Waals surface area contributed by atoms with E-state index in [2.05, 4.69) is 26.0 Å². The van der Waals surface area contributed by atoms with E-state index in [0.717, 1.165) is 35.5 Å². The zero-order chi connectivity index (χ0) is 19.5. The fourth-order valence-electron chi connectivity index (χ4n) is 3.58. The van der Waals surface area contributed by atoms with Crippen LogP contribution in [0.4, 0.5) is 0 Å². The van der Waals surface area contributed by atoms with Crippen LogP contribution in [0.2, 0.25) is 0 Å². The van der Waals surface area contributed by atoms with E-state index in [9.17, 15) is 4.79 Å². The van der Waals surface area contributed by atoms with Crippen LogP contribution in [0.1, 0.15) is 49.2 Å². The minimum atomic E-state index is -0.470. The molecule has 1 aromatic carbocycles. The maximum atomic E-state index is 13.0. The van der Waals surface area contributed by atoms with Crippen LogP contribution in [0.25, 0.3) is 5.69 Å². The summed E-state index contributed by atoms with van der Waals surface area (Å²) in [5, 5.41) is 4.73. The summed E-state index contributed by atoms with van der Waals surface area (Å²) in [6.07, 6.45) is 1.51. The van der Waals surface area contributed by atoms with Gasteiger partial charge in [-0.05, 0) is 45.2 Å². The van der Waals surface area contributed by atoms with Crippen molar-refractivity contribution in [2.24, 2.45) is 11.1 Å². The molecule has 1 heterocycles. The summed E-state index contributed by atoms with van der Waals surface area (Å²) >= 11 is 0. The van der Waals surface area contributed by atoms with E-state index in [0.29, 0.717) is 13.1 Å². The van der Waals surface area contributed by atoms with Gasteiger partial charge in [0.25, 0.3) is 0 Å². The van der Waals surface area contributed by atoms with Crippen molar-refractivity contribution < 1.29 is 4.79 Å². The molecule has 0 atom stereocenters. The van der Waals surface area contributed by atoms with Crippen molar-refractivity contribution in [3.8, 4) is 5.69 Å². The van der Waals surface area contributed by atoms with Gasteiger partial charge in [-0.25, -0.2) is 4.68 Å². The Labute approximate surface area is 169 Å². The molecule has 0 aliphatic carbocycles. The van der Waals surface area contributed by atoms with Gasteiger partial charge in [0.15, 0.2) is 0 Å². The number of rotatable bonds is 7. The Hall–Kier alpha value is -1.85. The number of aryl methyl sites for hydroxylation is 2. The lowest BCUT2D eigenvalue weighted by molar-refractivity contribution is -0.141. The molecule has 0 fully saturated rings. The maximum Gasteiger partial charge on any atom is 0.230 e. The average molecular weight is 393 g/mol. The van der Waals surface area contributed by atoms with Gasteiger partial charge in [-0.1, -0.05) is 32.0 Å². The van der Waals surface area contributed by atoms with Gasteiger partial charge >= 0.3 is 0 Å². The van der Waals surface area contributed by atoms with Crippen LogP contribution in [0.15, 0.2) is 24.3 Å². The summed E-state index contributed by atoms with van der Waals surface area (Å²) < 4.78 is 1.98. The highest BCUT2D eigenvalue weighted by Crippen LogP contribution is 2.29. The summed E-state index contributed by atoms with van der Waals surface area (Å²) in [6, 6.07) is 8.20. The normalized spacial score (nSPS) is 11.2. The van der Waals surface area contributed by atoms with Gasteiger partial charge in [-0.2, -0.15) is 5.10 Å². The van der Waals surface area contributed by atoms with Crippen LogP contribution in [-0.2, 0) is 11.3 Å². The average Bonchev–Trinajstić information content (AvgIpc) is 2.92. The summed E-state index contributed by atoms with van der Waals surface area (Å²) in [6.45, 7) is 11.2. The van der Waals surface area contributed by atoms with Crippen LogP contribution in [0.5, 0.6) is 0 Å². The number of amides is 1. The summed E-state index contributed by atoms with van der Waals surface area (Å²) in [5.74, 6) is 0.118. The third kappa shape index (κ3) is 4.36. The van der Waals surface area contributed by atoms with Crippen LogP contribution >= 0.6 is 12.4 Å². The lowest BCUT2D eigenvalue weighted by Crippen LogP contribution is -2.45. The molecule has 0 saturated heterocycles. The molecule has 1 amide bonds. The zero-order valence-corrected chi connectivity index (χ0v) is 18.2. The van der Waals surface area contributed by atoms with E-state index in [4.69, 9.17) is 10.8 Å². The van der Waals surface area contributed by atoms with Crippen LogP contribution in [0, 0.1) is 26.2 Å². The lowest BCUT2D eigenvalue weighted by atomic mass is 9.81. The molecule has 2 rings (SSSR count). The number of halogens is 1. The van der Waals surface area contributed by atoms with Gasteiger partial charge in [0.1, 0.15) is 0 Å². The smallest absolute Gasteiger partial charge is 0.230 e. The van der Waals surface area contributed by atoms with Crippen molar-refractivity contribution in [1.29, 1.82) is 0 Å².